The average molecular weight is 309 g/mol. The molecule has 0 radical (unpaired) electrons. The van der Waals surface area contributed by atoms with Crippen LogP contribution in [0, 0.1) is 0 Å². The Labute approximate surface area is 125 Å². The Balaban J connectivity index is 1.67. The van der Waals surface area contributed by atoms with Crippen molar-refractivity contribution in [2.24, 2.45) is 0 Å². The lowest BCUT2D eigenvalue weighted by molar-refractivity contribution is 0.581. The first kappa shape index (κ1) is 13.3. The zero-order valence-electron chi connectivity index (χ0n) is 10.7. The normalized spacial score (nSPS) is 11.1. The van der Waals surface area contributed by atoms with Crippen molar-refractivity contribution < 1.29 is 4.42 Å². The molecule has 7 heteroatoms. The number of hydrogen-bond acceptors (Lipinski definition) is 5. The van der Waals surface area contributed by atoms with Crippen molar-refractivity contribution in [3.63, 3.8) is 0 Å². The molecule has 0 amide bonds. The summed E-state index contributed by atoms with van der Waals surface area (Å²) >= 11 is 7.23. The summed E-state index contributed by atoms with van der Waals surface area (Å²) in [6, 6.07) is 3.76. The van der Waals surface area contributed by atoms with Crippen LogP contribution < -0.4 is 0 Å². The zero-order valence-corrected chi connectivity index (χ0v) is 12.3. The van der Waals surface area contributed by atoms with Crippen molar-refractivity contribution in [1.82, 2.24) is 20.0 Å². The van der Waals surface area contributed by atoms with Gasteiger partial charge in [-0.05, 0) is 25.0 Å². The van der Waals surface area contributed by atoms with Crippen molar-refractivity contribution in [1.29, 1.82) is 0 Å². The van der Waals surface area contributed by atoms with E-state index >= 15 is 0 Å². The first-order valence-electron chi connectivity index (χ1n) is 6.28. The van der Waals surface area contributed by atoms with E-state index in [0.29, 0.717) is 12.4 Å². The highest BCUT2D eigenvalue weighted by Crippen LogP contribution is 2.24. The molecule has 0 saturated heterocycles. The van der Waals surface area contributed by atoms with Crippen LogP contribution in [0.3, 0.4) is 0 Å². The smallest absolute Gasteiger partial charge is 0.162 e. The van der Waals surface area contributed by atoms with Gasteiger partial charge in [0.2, 0.25) is 0 Å². The second-order valence-corrected chi connectivity index (χ2v) is 5.56. The van der Waals surface area contributed by atoms with Crippen molar-refractivity contribution in [2.75, 3.05) is 5.88 Å². The van der Waals surface area contributed by atoms with Gasteiger partial charge in [-0.15, -0.1) is 28.0 Å². The number of aryl methyl sites for hydroxylation is 1. The van der Waals surface area contributed by atoms with Gasteiger partial charge in [-0.25, -0.2) is 9.67 Å². The quantitative estimate of drug-likeness (QED) is 0.656. The fourth-order valence-corrected chi connectivity index (χ4v) is 2.75. The fourth-order valence-electron chi connectivity index (χ4n) is 1.84. The summed E-state index contributed by atoms with van der Waals surface area (Å²) in [6.45, 7) is 0.616. The molecule has 3 aromatic rings. The van der Waals surface area contributed by atoms with Crippen LogP contribution in [-0.2, 0) is 13.0 Å². The highest BCUT2D eigenvalue weighted by atomic mass is 35.5. The van der Waals surface area contributed by atoms with Crippen molar-refractivity contribution in [3.05, 3.63) is 41.4 Å². The Morgan fingerprint density at radius 1 is 1.35 bits per heavy atom. The Hall–Kier alpha value is -1.66. The van der Waals surface area contributed by atoms with Gasteiger partial charge in [0.1, 0.15) is 0 Å². The summed E-state index contributed by atoms with van der Waals surface area (Å²) in [4.78, 5) is 4.53. The second-order valence-electron chi connectivity index (χ2n) is 4.32. The van der Waals surface area contributed by atoms with Gasteiger partial charge in [0.15, 0.2) is 10.8 Å². The maximum absolute atomic E-state index is 5.67. The lowest BCUT2D eigenvalue weighted by Gasteiger charge is -1.95. The van der Waals surface area contributed by atoms with Gasteiger partial charge < -0.3 is 4.42 Å². The molecule has 0 N–H and O–H groups in total. The minimum Gasteiger partial charge on any atom is -0.462 e. The van der Waals surface area contributed by atoms with Crippen molar-refractivity contribution in [2.45, 2.75) is 19.4 Å². The summed E-state index contributed by atoms with van der Waals surface area (Å²) in [6.07, 6.45) is 5.37. The molecular weight excluding hydrogens is 296 g/mol. The van der Waals surface area contributed by atoms with Crippen LogP contribution >= 0.6 is 22.9 Å². The fraction of sp³-hybridized carbons (Fsp3) is 0.308. The van der Waals surface area contributed by atoms with Gasteiger partial charge in [0, 0.05) is 17.5 Å². The molecule has 0 bridgehead atoms. The third-order valence-corrected chi connectivity index (χ3v) is 3.93. The average Bonchev–Trinajstić information content (AvgIpc) is 3.18. The minimum atomic E-state index is 0.616. The van der Waals surface area contributed by atoms with E-state index in [1.54, 1.807) is 22.3 Å². The van der Waals surface area contributed by atoms with Crippen LogP contribution in [0.5, 0.6) is 0 Å². The molecular formula is C13H13ClN4OS. The van der Waals surface area contributed by atoms with E-state index in [-0.39, 0.29) is 0 Å². The van der Waals surface area contributed by atoms with Crippen LogP contribution in [-0.4, -0.2) is 25.9 Å². The molecule has 0 saturated carbocycles. The number of rotatable bonds is 6. The highest BCUT2D eigenvalue weighted by molar-refractivity contribution is 7.13. The third kappa shape index (κ3) is 3.08. The molecule has 0 aliphatic rings. The molecule has 104 valence electrons. The Bertz CT molecular complexity index is 662. The summed E-state index contributed by atoms with van der Waals surface area (Å²) in [5.74, 6) is 1.44. The summed E-state index contributed by atoms with van der Waals surface area (Å²) in [5, 5.41) is 11.1. The molecule has 0 fully saturated rings. The number of nitrogens with zero attached hydrogens (tertiary/aromatic N) is 4. The molecule has 3 aromatic heterocycles. The third-order valence-electron chi connectivity index (χ3n) is 2.76. The molecule has 3 rings (SSSR count). The van der Waals surface area contributed by atoms with E-state index in [1.807, 2.05) is 23.7 Å². The van der Waals surface area contributed by atoms with Crippen LogP contribution in [0.2, 0.25) is 0 Å². The molecule has 0 spiro atoms. The molecule has 0 atom stereocenters. The number of furan rings is 1. The number of hydrogen-bond donors (Lipinski definition) is 0. The SMILES string of the molecule is ClCCCc1cn(Cc2csc(-c3ccco3)n2)nn1. The summed E-state index contributed by atoms with van der Waals surface area (Å²) in [7, 11) is 0. The van der Waals surface area contributed by atoms with E-state index in [9.17, 15) is 0 Å². The van der Waals surface area contributed by atoms with Gasteiger partial charge >= 0.3 is 0 Å². The highest BCUT2D eigenvalue weighted by Gasteiger charge is 2.08. The predicted octanol–water partition coefficient (Wildman–Crippen LogP) is 3.21. The van der Waals surface area contributed by atoms with Crippen LogP contribution in [0.4, 0.5) is 0 Å². The van der Waals surface area contributed by atoms with Crippen LogP contribution in [0.15, 0.2) is 34.4 Å². The largest absolute Gasteiger partial charge is 0.462 e. The molecule has 0 aliphatic carbocycles. The van der Waals surface area contributed by atoms with E-state index in [0.717, 1.165) is 35.0 Å². The van der Waals surface area contributed by atoms with Gasteiger partial charge in [-0.2, -0.15) is 0 Å². The number of halogens is 1. The maximum atomic E-state index is 5.67. The Kier molecular flexibility index (Phi) is 4.13. The van der Waals surface area contributed by atoms with E-state index < -0.39 is 0 Å². The summed E-state index contributed by atoms with van der Waals surface area (Å²) in [5.41, 5.74) is 1.92. The molecule has 20 heavy (non-hydrogen) atoms. The molecule has 5 nitrogen and oxygen atoms in total. The van der Waals surface area contributed by atoms with Crippen LogP contribution in [0.25, 0.3) is 10.8 Å². The Morgan fingerprint density at radius 3 is 3.10 bits per heavy atom. The topological polar surface area (TPSA) is 56.7 Å². The molecule has 3 heterocycles. The van der Waals surface area contributed by atoms with Gasteiger partial charge in [0.25, 0.3) is 0 Å². The van der Waals surface area contributed by atoms with Crippen molar-refractivity contribution in [3.8, 4) is 10.8 Å². The van der Waals surface area contributed by atoms with Gasteiger partial charge in [-0.3, -0.25) is 0 Å². The zero-order chi connectivity index (χ0) is 13.8. The second kappa shape index (κ2) is 6.19. The first-order valence-corrected chi connectivity index (χ1v) is 7.70. The minimum absolute atomic E-state index is 0.616. The van der Waals surface area contributed by atoms with E-state index in [2.05, 4.69) is 15.3 Å². The standard InChI is InChI=1S/C13H13ClN4OS/c14-5-1-3-10-7-18(17-16-10)8-11-9-20-13(15-11)12-4-2-6-19-12/h2,4,6-7,9H,1,3,5,8H2. The monoisotopic (exact) mass is 308 g/mol. The lowest BCUT2D eigenvalue weighted by Crippen LogP contribution is -2.00. The lowest BCUT2D eigenvalue weighted by atomic mass is 10.3. The van der Waals surface area contributed by atoms with Crippen LogP contribution in [0.1, 0.15) is 17.8 Å². The van der Waals surface area contributed by atoms with E-state index in [4.69, 9.17) is 16.0 Å². The summed E-state index contributed by atoms with van der Waals surface area (Å²) < 4.78 is 7.13. The predicted molar refractivity (Wildman–Crippen MR) is 78.0 cm³/mol. The number of aromatic nitrogens is 4. The molecule has 0 unspecified atom stereocenters. The maximum Gasteiger partial charge on any atom is 0.162 e. The molecule has 0 aliphatic heterocycles. The van der Waals surface area contributed by atoms with Gasteiger partial charge in [-0.1, -0.05) is 5.21 Å². The van der Waals surface area contributed by atoms with Gasteiger partial charge in [0.05, 0.1) is 24.2 Å². The van der Waals surface area contributed by atoms with Crippen molar-refractivity contribution >= 4 is 22.9 Å². The first-order chi connectivity index (χ1) is 9.85. The number of thiazole rings is 1. The van der Waals surface area contributed by atoms with E-state index in [1.165, 1.54) is 0 Å². The number of alkyl halides is 1. The molecule has 0 aromatic carbocycles. The Morgan fingerprint density at radius 2 is 2.30 bits per heavy atom.